The molecule has 7 nitrogen and oxygen atoms in total. The van der Waals surface area contributed by atoms with Crippen molar-refractivity contribution in [3.8, 4) is 0 Å². The van der Waals surface area contributed by atoms with Crippen molar-refractivity contribution in [1.29, 1.82) is 0 Å². The van der Waals surface area contributed by atoms with Crippen LogP contribution in [0.1, 0.15) is 11.6 Å². The number of hydrogen-bond donors (Lipinski definition) is 3. The minimum Gasteiger partial charge on any atom is -0.383 e. The van der Waals surface area contributed by atoms with Crippen LogP contribution in [0.2, 0.25) is 0 Å². The van der Waals surface area contributed by atoms with E-state index in [1.807, 2.05) is 18.2 Å². The molecular weight excluding hydrogens is 290 g/mol. The molecule has 1 atom stereocenters. The Morgan fingerprint density at radius 1 is 1.33 bits per heavy atom. The molecule has 1 aliphatic heterocycles. The highest BCUT2D eigenvalue weighted by Crippen LogP contribution is 2.37. The second-order valence-corrected chi connectivity index (χ2v) is 5.74. The smallest absolute Gasteiger partial charge is 0.253 e. The van der Waals surface area contributed by atoms with Crippen molar-refractivity contribution in [2.45, 2.75) is 16.1 Å². The molecule has 0 aliphatic carbocycles. The lowest BCUT2D eigenvalue weighted by Crippen LogP contribution is -2.27. The molecule has 0 fully saturated rings. The van der Waals surface area contributed by atoms with Crippen molar-refractivity contribution >= 4 is 29.2 Å². The molecule has 0 saturated carbocycles. The van der Waals surface area contributed by atoms with Gasteiger partial charge in [0.2, 0.25) is 5.91 Å². The van der Waals surface area contributed by atoms with Gasteiger partial charge in [-0.15, -0.1) is 0 Å². The average molecular weight is 303 g/mol. The molecular formula is C13H13N5O2S. The van der Waals surface area contributed by atoms with Crippen molar-refractivity contribution in [2.24, 2.45) is 5.73 Å². The zero-order valence-electron chi connectivity index (χ0n) is 11.2. The number of anilines is 2. The van der Waals surface area contributed by atoms with E-state index in [1.54, 1.807) is 7.05 Å². The molecule has 0 radical (unpaired) electrons. The molecule has 1 amide bonds. The van der Waals surface area contributed by atoms with Gasteiger partial charge in [0.05, 0.1) is 0 Å². The number of aromatic nitrogens is 2. The highest BCUT2D eigenvalue weighted by molar-refractivity contribution is 7.99. The van der Waals surface area contributed by atoms with E-state index in [2.05, 4.69) is 9.97 Å². The van der Waals surface area contributed by atoms with E-state index in [9.17, 15) is 9.59 Å². The van der Waals surface area contributed by atoms with E-state index in [4.69, 9.17) is 11.5 Å². The molecule has 8 heteroatoms. The molecule has 0 spiro atoms. The van der Waals surface area contributed by atoms with Gasteiger partial charge >= 0.3 is 0 Å². The van der Waals surface area contributed by atoms with Gasteiger partial charge in [0.15, 0.2) is 5.16 Å². The number of carbonyl (C=O) groups excluding carboxylic acids is 1. The Morgan fingerprint density at radius 2 is 2.10 bits per heavy atom. The van der Waals surface area contributed by atoms with Crippen molar-refractivity contribution in [2.75, 3.05) is 17.7 Å². The minimum atomic E-state index is -0.616. The van der Waals surface area contributed by atoms with Crippen LogP contribution in [0.5, 0.6) is 0 Å². The Kier molecular flexibility index (Phi) is 3.19. The number of hydrogen-bond acceptors (Lipinski definition) is 6. The Balaban J connectivity index is 1.95. The van der Waals surface area contributed by atoms with Crippen molar-refractivity contribution in [3.05, 3.63) is 40.2 Å². The standard InChI is InChI=1S/C13H13N5O2S/c1-18-8-4-6(2-3-7(8)11(15)12(18)20)21-13-16-9(14)5-10(19)17-13/h2-5,11H,15H2,1H3,(H3,14,16,17,19). The van der Waals surface area contributed by atoms with E-state index in [1.165, 1.54) is 22.7 Å². The first-order valence-corrected chi connectivity index (χ1v) is 6.99. The fraction of sp³-hybridized carbons (Fsp3) is 0.154. The maximum Gasteiger partial charge on any atom is 0.253 e. The van der Waals surface area contributed by atoms with E-state index >= 15 is 0 Å². The lowest BCUT2D eigenvalue weighted by atomic mass is 10.1. The van der Waals surface area contributed by atoms with Crippen LogP contribution in [0.15, 0.2) is 39.1 Å². The van der Waals surface area contributed by atoms with E-state index in [0.29, 0.717) is 5.16 Å². The average Bonchev–Trinajstić information content (AvgIpc) is 2.63. The summed E-state index contributed by atoms with van der Waals surface area (Å²) in [6.07, 6.45) is 0. The molecule has 0 saturated heterocycles. The third-order valence-electron chi connectivity index (χ3n) is 3.25. The molecule has 5 N–H and O–H groups in total. The van der Waals surface area contributed by atoms with Gasteiger partial charge in [0, 0.05) is 29.3 Å². The zero-order valence-corrected chi connectivity index (χ0v) is 12.0. The van der Waals surface area contributed by atoms with E-state index in [-0.39, 0.29) is 17.3 Å². The number of rotatable bonds is 2. The second-order valence-electron chi connectivity index (χ2n) is 4.67. The SMILES string of the molecule is CN1C(=O)C(N)c2ccc(Sc3nc(N)cc(=O)[nH]3)cc21. The zero-order chi connectivity index (χ0) is 15.1. The van der Waals surface area contributed by atoms with E-state index < -0.39 is 6.04 Å². The Morgan fingerprint density at radius 3 is 2.81 bits per heavy atom. The maximum atomic E-state index is 11.8. The van der Waals surface area contributed by atoms with Crippen LogP contribution in [0.25, 0.3) is 0 Å². The van der Waals surface area contributed by atoms with Crippen molar-refractivity contribution in [1.82, 2.24) is 9.97 Å². The van der Waals surface area contributed by atoms with Crippen molar-refractivity contribution < 1.29 is 4.79 Å². The number of nitrogen functional groups attached to an aromatic ring is 1. The molecule has 108 valence electrons. The molecule has 1 aromatic heterocycles. The molecule has 2 aromatic rings. The minimum absolute atomic E-state index is 0.136. The normalized spacial score (nSPS) is 17.1. The van der Waals surface area contributed by atoms with Crippen LogP contribution in [-0.4, -0.2) is 22.9 Å². The largest absolute Gasteiger partial charge is 0.383 e. The predicted molar refractivity (Wildman–Crippen MR) is 80.2 cm³/mol. The highest BCUT2D eigenvalue weighted by Gasteiger charge is 2.32. The fourth-order valence-corrected chi connectivity index (χ4v) is 3.05. The van der Waals surface area contributed by atoms with Crippen LogP contribution < -0.4 is 21.9 Å². The van der Waals surface area contributed by atoms with Gasteiger partial charge in [0.25, 0.3) is 5.56 Å². The summed E-state index contributed by atoms with van der Waals surface area (Å²) in [6.45, 7) is 0. The number of aromatic amines is 1. The molecule has 3 rings (SSSR count). The molecule has 1 unspecified atom stereocenters. The molecule has 1 aromatic carbocycles. The van der Waals surface area contributed by atoms with Crippen LogP contribution in [0, 0.1) is 0 Å². The third-order valence-corrected chi connectivity index (χ3v) is 4.13. The van der Waals surface area contributed by atoms with E-state index in [0.717, 1.165) is 16.1 Å². The number of amides is 1. The van der Waals surface area contributed by atoms with Crippen LogP contribution in [0.4, 0.5) is 11.5 Å². The van der Waals surface area contributed by atoms with Gasteiger partial charge in [0.1, 0.15) is 11.9 Å². The first-order chi connectivity index (χ1) is 9.95. The molecule has 0 bridgehead atoms. The Bertz CT molecular complexity index is 788. The topological polar surface area (TPSA) is 118 Å². The first kappa shape index (κ1) is 13.7. The van der Waals surface area contributed by atoms with Gasteiger partial charge < -0.3 is 21.4 Å². The third kappa shape index (κ3) is 2.39. The first-order valence-electron chi connectivity index (χ1n) is 6.17. The quantitative estimate of drug-likeness (QED) is 0.694. The number of benzene rings is 1. The summed E-state index contributed by atoms with van der Waals surface area (Å²) in [6, 6.07) is 6.09. The number of H-pyrrole nitrogens is 1. The summed E-state index contributed by atoms with van der Waals surface area (Å²) >= 11 is 1.26. The molecule has 21 heavy (non-hydrogen) atoms. The van der Waals surface area contributed by atoms with Gasteiger partial charge in [-0.2, -0.15) is 0 Å². The number of nitrogens with one attached hydrogen (secondary N) is 1. The highest BCUT2D eigenvalue weighted by atomic mass is 32.2. The Labute approximate surface area is 124 Å². The molecule has 2 heterocycles. The van der Waals surface area contributed by atoms with Gasteiger partial charge in [-0.25, -0.2) is 4.98 Å². The van der Waals surface area contributed by atoms with Crippen LogP contribution in [-0.2, 0) is 4.79 Å². The lowest BCUT2D eigenvalue weighted by Gasteiger charge is -2.10. The number of fused-ring (bicyclic) bond motifs is 1. The second kappa shape index (κ2) is 4.90. The number of likely N-dealkylation sites (N-methyl/N-ethyl adjacent to an activating group) is 1. The number of nitrogens with zero attached hydrogens (tertiary/aromatic N) is 2. The lowest BCUT2D eigenvalue weighted by molar-refractivity contribution is -0.118. The fourth-order valence-electron chi connectivity index (χ4n) is 2.21. The number of carbonyl (C=O) groups is 1. The van der Waals surface area contributed by atoms with Gasteiger partial charge in [-0.05, 0) is 12.1 Å². The van der Waals surface area contributed by atoms with Gasteiger partial charge in [-0.1, -0.05) is 17.8 Å². The maximum absolute atomic E-state index is 11.8. The summed E-state index contributed by atoms with van der Waals surface area (Å²) < 4.78 is 0. The van der Waals surface area contributed by atoms with Crippen molar-refractivity contribution in [3.63, 3.8) is 0 Å². The monoisotopic (exact) mass is 303 g/mol. The summed E-state index contributed by atoms with van der Waals surface area (Å²) in [5, 5.41) is 0.399. The summed E-state index contributed by atoms with van der Waals surface area (Å²) in [4.78, 5) is 32.2. The van der Waals surface area contributed by atoms with Gasteiger partial charge in [-0.3, -0.25) is 9.59 Å². The van der Waals surface area contributed by atoms with Crippen LogP contribution >= 0.6 is 11.8 Å². The van der Waals surface area contributed by atoms with Crippen LogP contribution in [0.3, 0.4) is 0 Å². The summed E-state index contributed by atoms with van der Waals surface area (Å²) in [5.41, 5.74) is 12.7. The summed E-state index contributed by atoms with van der Waals surface area (Å²) in [7, 11) is 1.68. The molecule has 1 aliphatic rings. The summed E-state index contributed by atoms with van der Waals surface area (Å²) in [5.74, 6) is 0.0272. The number of nitrogens with two attached hydrogens (primary N) is 2. The Hall–Kier alpha value is -2.32. The predicted octanol–water partition coefficient (Wildman–Crippen LogP) is 0.479.